The zero-order valence-corrected chi connectivity index (χ0v) is 11.5. The quantitative estimate of drug-likeness (QED) is 0.644. The Labute approximate surface area is 121 Å². The smallest absolute Gasteiger partial charge is 0.382 e. The molecule has 0 saturated carbocycles. The lowest BCUT2D eigenvalue weighted by atomic mass is 10.2. The number of piperazine rings is 1. The van der Waals surface area contributed by atoms with E-state index in [1.165, 1.54) is 4.90 Å². The van der Waals surface area contributed by atoms with E-state index >= 15 is 0 Å². The second-order valence-electron chi connectivity index (χ2n) is 5.13. The minimum atomic E-state index is -4.14. The number of hydrogen-bond donors (Lipinski definition) is 2. The lowest BCUT2D eigenvalue weighted by Crippen LogP contribution is -2.48. The van der Waals surface area contributed by atoms with Gasteiger partial charge in [-0.1, -0.05) is 0 Å². The number of aromatic nitrogens is 1. The number of alkyl halides is 3. The molecule has 0 spiro atoms. The largest absolute Gasteiger partial charge is 0.401 e. The zero-order chi connectivity index (χ0) is 15.5. The molecule has 2 rings (SSSR count). The molecular weight excluding hydrogens is 283 g/mol. The van der Waals surface area contributed by atoms with Gasteiger partial charge in [0.05, 0.1) is 6.54 Å². The number of nitrogen functional groups attached to an aromatic ring is 1. The van der Waals surface area contributed by atoms with Crippen LogP contribution < -0.4 is 5.73 Å². The SMILES string of the molecule is N=C(N)c1cc(CN2CCN(CC(F)(F)F)CC2)ccn1. The molecule has 1 aromatic heterocycles. The van der Waals surface area contributed by atoms with Gasteiger partial charge < -0.3 is 5.73 Å². The fourth-order valence-electron chi connectivity index (χ4n) is 2.34. The van der Waals surface area contributed by atoms with Crippen molar-refractivity contribution in [2.24, 2.45) is 5.73 Å². The summed E-state index contributed by atoms with van der Waals surface area (Å²) in [6, 6.07) is 3.57. The van der Waals surface area contributed by atoms with Crippen LogP contribution in [0.1, 0.15) is 11.3 Å². The van der Waals surface area contributed by atoms with Gasteiger partial charge in [-0.3, -0.25) is 20.2 Å². The average Bonchev–Trinajstić information content (AvgIpc) is 2.40. The first kappa shape index (κ1) is 15.7. The molecule has 0 unspecified atom stereocenters. The van der Waals surface area contributed by atoms with Gasteiger partial charge in [0, 0.05) is 38.9 Å². The van der Waals surface area contributed by atoms with Gasteiger partial charge in [-0.15, -0.1) is 0 Å². The highest BCUT2D eigenvalue weighted by Crippen LogP contribution is 2.18. The molecule has 0 atom stereocenters. The van der Waals surface area contributed by atoms with Crippen LogP contribution in [0, 0.1) is 5.41 Å². The number of pyridine rings is 1. The van der Waals surface area contributed by atoms with Gasteiger partial charge in [-0.05, 0) is 17.7 Å². The van der Waals surface area contributed by atoms with Gasteiger partial charge in [-0.25, -0.2) is 0 Å². The van der Waals surface area contributed by atoms with Crippen molar-refractivity contribution in [3.8, 4) is 0 Å². The van der Waals surface area contributed by atoms with Crippen molar-refractivity contribution in [1.29, 1.82) is 5.41 Å². The first-order valence-electron chi connectivity index (χ1n) is 6.64. The van der Waals surface area contributed by atoms with Crippen molar-refractivity contribution < 1.29 is 13.2 Å². The molecule has 1 aromatic rings. The predicted molar refractivity (Wildman–Crippen MR) is 73.0 cm³/mol. The number of amidine groups is 1. The van der Waals surface area contributed by atoms with Gasteiger partial charge in [0.1, 0.15) is 11.5 Å². The van der Waals surface area contributed by atoms with Crippen LogP contribution in [0.25, 0.3) is 0 Å². The van der Waals surface area contributed by atoms with Crippen LogP contribution in [-0.4, -0.2) is 59.5 Å². The first-order valence-corrected chi connectivity index (χ1v) is 6.64. The summed E-state index contributed by atoms with van der Waals surface area (Å²) in [4.78, 5) is 7.49. The molecule has 0 amide bonds. The molecule has 1 saturated heterocycles. The van der Waals surface area contributed by atoms with Crippen LogP contribution in [0.4, 0.5) is 13.2 Å². The van der Waals surface area contributed by atoms with Crippen LogP contribution in [0.3, 0.4) is 0 Å². The van der Waals surface area contributed by atoms with Crippen molar-refractivity contribution >= 4 is 5.84 Å². The molecule has 0 radical (unpaired) electrons. The molecule has 0 bridgehead atoms. The van der Waals surface area contributed by atoms with E-state index in [4.69, 9.17) is 11.1 Å². The molecule has 1 aliphatic heterocycles. The molecule has 2 heterocycles. The molecule has 8 heteroatoms. The van der Waals surface area contributed by atoms with E-state index in [1.54, 1.807) is 12.3 Å². The number of hydrogen-bond acceptors (Lipinski definition) is 4. The molecule has 1 aliphatic rings. The monoisotopic (exact) mass is 301 g/mol. The summed E-state index contributed by atoms with van der Waals surface area (Å²) < 4.78 is 36.9. The second kappa shape index (κ2) is 6.40. The highest BCUT2D eigenvalue weighted by Gasteiger charge is 2.32. The van der Waals surface area contributed by atoms with Crippen LogP contribution in [0.5, 0.6) is 0 Å². The van der Waals surface area contributed by atoms with E-state index in [2.05, 4.69) is 9.88 Å². The average molecular weight is 301 g/mol. The standard InChI is InChI=1S/C13H18F3N5/c14-13(15,16)9-21-5-3-20(4-6-21)8-10-1-2-19-11(7-10)12(17)18/h1-2,7H,3-6,8-9H2,(H3,17,18). The Morgan fingerprint density at radius 2 is 1.86 bits per heavy atom. The van der Waals surface area contributed by atoms with Crippen molar-refractivity contribution in [1.82, 2.24) is 14.8 Å². The van der Waals surface area contributed by atoms with Gasteiger partial charge in [0.25, 0.3) is 0 Å². The molecule has 0 aliphatic carbocycles. The molecule has 5 nitrogen and oxygen atoms in total. The van der Waals surface area contributed by atoms with Crippen LogP contribution in [0.15, 0.2) is 18.3 Å². The van der Waals surface area contributed by atoms with Crippen molar-refractivity contribution in [2.75, 3.05) is 32.7 Å². The fourth-order valence-corrected chi connectivity index (χ4v) is 2.34. The normalized spacial score (nSPS) is 17.9. The van der Waals surface area contributed by atoms with Crippen LogP contribution in [0.2, 0.25) is 0 Å². The summed E-state index contributed by atoms with van der Waals surface area (Å²) in [6.07, 6.45) is -2.55. The molecule has 0 aromatic carbocycles. The molecule has 116 valence electrons. The van der Waals surface area contributed by atoms with Crippen LogP contribution >= 0.6 is 0 Å². The fraction of sp³-hybridized carbons (Fsp3) is 0.538. The lowest BCUT2D eigenvalue weighted by molar-refractivity contribution is -0.149. The molecule has 21 heavy (non-hydrogen) atoms. The summed E-state index contributed by atoms with van der Waals surface area (Å²) >= 11 is 0. The van der Waals surface area contributed by atoms with Gasteiger partial charge in [-0.2, -0.15) is 13.2 Å². The van der Waals surface area contributed by atoms with E-state index in [-0.39, 0.29) is 5.84 Å². The van der Waals surface area contributed by atoms with E-state index in [0.717, 1.165) is 5.56 Å². The highest BCUT2D eigenvalue weighted by molar-refractivity contribution is 5.93. The number of nitrogens with zero attached hydrogens (tertiary/aromatic N) is 3. The number of nitrogens with one attached hydrogen (secondary N) is 1. The zero-order valence-electron chi connectivity index (χ0n) is 11.5. The van der Waals surface area contributed by atoms with E-state index < -0.39 is 12.7 Å². The topological polar surface area (TPSA) is 69.2 Å². The van der Waals surface area contributed by atoms with Crippen molar-refractivity contribution in [3.05, 3.63) is 29.6 Å². The molecule has 1 fully saturated rings. The van der Waals surface area contributed by atoms with Gasteiger partial charge in [0.2, 0.25) is 0 Å². The highest BCUT2D eigenvalue weighted by atomic mass is 19.4. The third-order valence-electron chi connectivity index (χ3n) is 3.37. The summed E-state index contributed by atoms with van der Waals surface area (Å²) in [7, 11) is 0. The van der Waals surface area contributed by atoms with E-state index in [1.807, 2.05) is 6.07 Å². The Morgan fingerprint density at radius 1 is 1.24 bits per heavy atom. The van der Waals surface area contributed by atoms with Gasteiger partial charge >= 0.3 is 6.18 Å². The number of halogens is 3. The molecular formula is C13H18F3N5. The van der Waals surface area contributed by atoms with Crippen LogP contribution in [-0.2, 0) is 6.54 Å². The Morgan fingerprint density at radius 3 is 2.43 bits per heavy atom. The maximum Gasteiger partial charge on any atom is 0.401 e. The first-order chi connectivity index (χ1) is 9.83. The predicted octanol–water partition coefficient (Wildman–Crippen LogP) is 1.05. The van der Waals surface area contributed by atoms with Crippen molar-refractivity contribution in [2.45, 2.75) is 12.7 Å². The van der Waals surface area contributed by atoms with Crippen molar-refractivity contribution in [3.63, 3.8) is 0 Å². The Hall–Kier alpha value is -1.67. The van der Waals surface area contributed by atoms with E-state index in [9.17, 15) is 13.2 Å². The van der Waals surface area contributed by atoms with Gasteiger partial charge in [0.15, 0.2) is 0 Å². The minimum Gasteiger partial charge on any atom is -0.382 e. The number of nitrogens with two attached hydrogens (primary N) is 1. The third-order valence-corrected chi connectivity index (χ3v) is 3.37. The maximum atomic E-state index is 12.3. The Balaban J connectivity index is 1.86. The summed E-state index contributed by atoms with van der Waals surface area (Å²) in [6.45, 7) is 1.78. The number of rotatable bonds is 4. The summed E-state index contributed by atoms with van der Waals surface area (Å²) in [5.41, 5.74) is 6.76. The lowest BCUT2D eigenvalue weighted by Gasteiger charge is -2.35. The minimum absolute atomic E-state index is 0.0909. The van der Waals surface area contributed by atoms with E-state index in [0.29, 0.717) is 38.4 Å². The Bertz CT molecular complexity index is 495. The Kier molecular flexibility index (Phi) is 4.79. The molecule has 3 N–H and O–H groups in total. The second-order valence-corrected chi connectivity index (χ2v) is 5.13. The third kappa shape index (κ3) is 4.98. The summed E-state index contributed by atoms with van der Waals surface area (Å²) in [5.74, 6) is -0.0909. The summed E-state index contributed by atoms with van der Waals surface area (Å²) in [5, 5.41) is 7.35. The maximum absolute atomic E-state index is 12.3.